The molecule has 2 aliphatic heterocycles. The molecule has 0 spiro atoms. The number of alkyl halides is 4. The Morgan fingerprint density at radius 3 is 1.02 bits per heavy atom. The summed E-state index contributed by atoms with van der Waals surface area (Å²) in [5.74, 6) is 0.313. The van der Waals surface area contributed by atoms with E-state index < -0.39 is 0 Å². The van der Waals surface area contributed by atoms with Gasteiger partial charge in [-0.05, 0) is 85.0 Å². The van der Waals surface area contributed by atoms with Gasteiger partial charge in [0.25, 0.3) is 0 Å². The van der Waals surface area contributed by atoms with Crippen molar-refractivity contribution in [1.82, 2.24) is 0 Å². The average molecular weight is 812 g/mol. The van der Waals surface area contributed by atoms with Crippen LogP contribution in [0.3, 0.4) is 0 Å². The standard InChI is InChI=1S/C30H24Br4N2O5/c31-23-15-9-16(24(23)32)20-19(15)27(37)35(28(20)38)11-1-5-13(6-2-11)41-14-7-3-12(4-8-14)36-29(39)21-17-10-18(22(21)30(36)40)26(34)25(17)33/h1-8,15-26H,9-10H2/t15-,16-,17-,18-,19-,20-,21-,22+,23-,24+,25-,26+/m1/s1. The molecule has 6 aliphatic rings. The zero-order chi connectivity index (χ0) is 28.5. The zero-order valence-electron chi connectivity index (χ0n) is 21.4. The first kappa shape index (κ1) is 27.0. The smallest absolute Gasteiger partial charge is 0.238 e. The van der Waals surface area contributed by atoms with E-state index in [1.54, 1.807) is 48.5 Å². The number of fused-ring (bicyclic) bond motifs is 10. The summed E-state index contributed by atoms with van der Waals surface area (Å²) in [6.45, 7) is 0. The number of carbonyl (C=O) groups excluding carboxylic acids is 4. The van der Waals surface area contributed by atoms with Crippen LogP contribution in [0, 0.1) is 47.3 Å². The third-order valence-corrected chi connectivity index (χ3v) is 16.8. The first-order chi connectivity index (χ1) is 19.7. The molecule has 4 aliphatic carbocycles. The van der Waals surface area contributed by atoms with E-state index in [4.69, 9.17) is 4.74 Å². The fourth-order valence-electron chi connectivity index (χ4n) is 8.67. The lowest BCUT2D eigenvalue weighted by atomic mass is 9.81. The van der Waals surface area contributed by atoms with E-state index in [1.807, 2.05) is 0 Å². The molecule has 0 N–H and O–H groups in total. The molecule has 2 saturated heterocycles. The molecule has 2 aromatic carbocycles. The normalized spacial score (nSPS) is 42.0. The zero-order valence-corrected chi connectivity index (χ0v) is 27.8. The van der Waals surface area contributed by atoms with Crippen molar-refractivity contribution in [3.05, 3.63) is 48.5 Å². The highest BCUT2D eigenvalue weighted by molar-refractivity contribution is 9.12. The van der Waals surface area contributed by atoms with Crippen molar-refractivity contribution in [3.8, 4) is 11.5 Å². The number of rotatable bonds is 4. The fraction of sp³-hybridized carbons (Fsp3) is 0.467. The third kappa shape index (κ3) is 3.64. The second-order valence-electron chi connectivity index (χ2n) is 12.1. The molecule has 4 saturated carbocycles. The van der Waals surface area contributed by atoms with E-state index in [1.165, 1.54) is 9.80 Å². The van der Waals surface area contributed by atoms with E-state index in [0.29, 0.717) is 22.9 Å². The minimum Gasteiger partial charge on any atom is -0.457 e. The van der Waals surface area contributed by atoms with Gasteiger partial charge in [-0.25, -0.2) is 0 Å². The second-order valence-corrected chi connectivity index (χ2v) is 16.4. The summed E-state index contributed by atoms with van der Waals surface area (Å²) in [5, 5.41) is 0. The lowest BCUT2D eigenvalue weighted by Gasteiger charge is -2.28. The quantitative estimate of drug-likeness (QED) is 0.278. The average Bonchev–Trinajstić information content (AvgIpc) is 3.77. The van der Waals surface area contributed by atoms with E-state index in [0.717, 1.165) is 12.8 Å². The Balaban J connectivity index is 0.965. The Bertz CT molecular complexity index is 1330. The number of hydrogen-bond donors (Lipinski definition) is 0. The van der Waals surface area contributed by atoms with Gasteiger partial charge in [0, 0.05) is 19.3 Å². The molecule has 41 heavy (non-hydrogen) atoms. The van der Waals surface area contributed by atoms with E-state index in [9.17, 15) is 19.2 Å². The molecule has 2 aromatic rings. The van der Waals surface area contributed by atoms with E-state index in [-0.39, 0.29) is 90.3 Å². The molecule has 4 amide bonds. The monoisotopic (exact) mass is 808 g/mol. The van der Waals surface area contributed by atoms with Crippen LogP contribution in [-0.4, -0.2) is 42.9 Å². The third-order valence-electron chi connectivity index (χ3n) is 10.4. The van der Waals surface area contributed by atoms with Crippen LogP contribution in [0.4, 0.5) is 11.4 Å². The van der Waals surface area contributed by atoms with Gasteiger partial charge in [-0.3, -0.25) is 29.0 Å². The first-order valence-electron chi connectivity index (χ1n) is 13.9. The highest BCUT2D eigenvalue weighted by Crippen LogP contribution is 2.62. The van der Waals surface area contributed by atoms with E-state index in [2.05, 4.69) is 63.7 Å². The molecule has 212 valence electrons. The molecule has 2 heterocycles. The number of ether oxygens (including phenoxy) is 1. The Morgan fingerprint density at radius 1 is 0.488 bits per heavy atom. The number of benzene rings is 2. The molecule has 8 rings (SSSR count). The first-order valence-corrected chi connectivity index (χ1v) is 17.5. The SMILES string of the molecule is O=C1[C@@H]2[C@H]3C[C@@H]([C@@H](Br)[C@H]3Br)[C@H]2C(=O)N1c1ccc(Oc2ccc(N3C(=O)[C@@H]4[C@H]5C[C@@H]([C@H](Br)[C@@H]5Br)[C@@H]4C3=O)cc2)cc1. The van der Waals surface area contributed by atoms with Crippen LogP contribution in [-0.2, 0) is 19.2 Å². The van der Waals surface area contributed by atoms with Gasteiger partial charge >= 0.3 is 0 Å². The van der Waals surface area contributed by atoms with Crippen molar-refractivity contribution in [2.45, 2.75) is 32.2 Å². The van der Waals surface area contributed by atoms with Gasteiger partial charge in [0.1, 0.15) is 11.5 Å². The van der Waals surface area contributed by atoms with Gasteiger partial charge in [-0.2, -0.15) is 0 Å². The van der Waals surface area contributed by atoms with Crippen LogP contribution in [0.5, 0.6) is 11.5 Å². The van der Waals surface area contributed by atoms with Gasteiger partial charge in [0.2, 0.25) is 23.6 Å². The second kappa shape index (κ2) is 9.47. The molecule has 12 atom stereocenters. The van der Waals surface area contributed by atoms with Crippen molar-refractivity contribution in [3.63, 3.8) is 0 Å². The number of anilines is 2. The summed E-state index contributed by atoms with van der Waals surface area (Å²) in [5.41, 5.74) is 1.10. The van der Waals surface area contributed by atoms with Gasteiger partial charge in [-0.15, -0.1) is 0 Å². The highest BCUT2D eigenvalue weighted by Gasteiger charge is 2.67. The van der Waals surface area contributed by atoms with Crippen molar-refractivity contribution in [2.24, 2.45) is 47.3 Å². The summed E-state index contributed by atoms with van der Waals surface area (Å²) in [4.78, 5) is 56.8. The van der Waals surface area contributed by atoms with Crippen LogP contribution in [0.15, 0.2) is 48.5 Å². The number of halogens is 4. The number of carbonyl (C=O) groups is 4. The molecule has 6 fully saturated rings. The molecule has 0 aromatic heterocycles. The topological polar surface area (TPSA) is 84.0 Å². The lowest BCUT2D eigenvalue weighted by Crippen LogP contribution is -2.37. The molecule has 11 heteroatoms. The Hall–Kier alpha value is -1.56. The summed E-state index contributed by atoms with van der Waals surface area (Å²) in [6.07, 6.45) is 1.80. The van der Waals surface area contributed by atoms with Crippen molar-refractivity contribution in [1.29, 1.82) is 0 Å². The maximum Gasteiger partial charge on any atom is 0.238 e. The number of imide groups is 2. The summed E-state index contributed by atoms with van der Waals surface area (Å²) in [7, 11) is 0. The fourth-order valence-corrected chi connectivity index (χ4v) is 12.4. The van der Waals surface area contributed by atoms with Crippen molar-refractivity contribution >= 4 is 98.7 Å². The van der Waals surface area contributed by atoms with Gasteiger partial charge in [0.15, 0.2) is 0 Å². The number of amides is 4. The van der Waals surface area contributed by atoms with Crippen molar-refractivity contribution in [2.75, 3.05) is 9.80 Å². The minimum absolute atomic E-state index is 0.109. The van der Waals surface area contributed by atoms with E-state index >= 15 is 0 Å². The van der Waals surface area contributed by atoms with Gasteiger partial charge in [-0.1, -0.05) is 63.7 Å². The Kier molecular flexibility index (Phi) is 6.24. The lowest BCUT2D eigenvalue weighted by molar-refractivity contribution is -0.124. The summed E-state index contributed by atoms with van der Waals surface area (Å²) in [6, 6.07) is 13.9. The molecular formula is C30H24Br4N2O5. The molecule has 0 radical (unpaired) electrons. The maximum absolute atomic E-state index is 13.3. The van der Waals surface area contributed by atoms with Gasteiger partial charge in [0.05, 0.1) is 35.0 Å². The summed E-state index contributed by atoms with van der Waals surface area (Å²) >= 11 is 14.9. The molecule has 7 nitrogen and oxygen atoms in total. The van der Waals surface area contributed by atoms with Crippen molar-refractivity contribution < 1.29 is 23.9 Å². The molecule has 0 unspecified atom stereocenters. The molecule has 4 bridgehead atoms. The minimum atomic E-state index is -0.258. The summed E-state index contributed by atoms with van der Waals surface area (Å²) < 4.78 is 6.01. The van der Waals surface area contributed by atoms with Gasteiger partial charge < -0.3 is 4.74 Å². The highest BCUT2D eigenvalue weighted by atomic mass is 79.9. The predicted octanol–water partition coefficient (Wildman–Crippen LogP) is 6.04. The van der Waals surface area contributed by atoms with Crippen LogP contribution < -0.4 is 14.5 Å². The largest absolute Gasteiger partial charge is 0.457 e. The molecular weight excluding hydrogens is 788 g/mol. The van der Waals surface area contributed by atoms with Crippen LogP contribution >= 0.6 is 63.7 Å². The predicted molar refractivity (Wildman–Crippen MR) is 166 cm³/mol. The Morgan fingerprint density at radius 2 is 0.756 bits per heavy atom. The van der Waals surface area contributed by atoms with Crippen LogP contribution in [0.2, 0.25) is 0 Å². The van der Waals surface area contributed by atoms with Crippen LogP contribution in [0.1, 0.15) is 12.8 Å². The Labute approximate surface area is 270 Å². The maximum atomic E-state index is 13.3. The number of hydrogen-bond acceptors (Lipinski definition) is 5. The van der Waals surface area contributed by atoms with Crippen LogP contribution in [0.25, 0.3) is 0 Å². The number of nitrogens with zero attached hydrogens (tertiary/aromatic N) is 2.